The maximum atomic E-state index is 13.4. The molecule has 1 aromatic heterocycles. The summed E-state index contributed by atoms with van der Waals surface area (Å²) in [5.41, 5.74) is 1.77. The molecular formula is C21H26N2O5S. The summed E-state index contributed by atoms with van der Waals surface area (Å²) in [6.45, 7) is 5.05. The minimum Gasteiger partial charge on any atom is -0.464 e. The van der Waals surface area contributed by atoms with Gasteiger partial charge in [-0.25, -0.2) is 13.2 Å². The van der Waals surface area contributed by atoms with Crippen molar-refractivity contribution in [3.63, 3.8) is 0 Å². The SMILES string of the molecule is COC(=O)c1c(C)c(C(=O)C(C)N(C2CC2)S(=O)(=O)c2ccccc2)c(C)n1C. The van der Waals surface area contributed by atoms with Crippen LogP contribution in [0.4, 0.5) is 0 Å². The molecule has 1 aliphatic carbocycles. The number of carbonyl (C=O) groups excluding carboxylic acids is 2. The Morgan fingerprint density at radius 2 is 1.76 bits per heavy atom. The highest BCUT2D eigenvalue weighted by Gasteiger charge is 2.44. The van der Waals surface area contributed by atoms with E-state index in [-0.39, 0.29) is 16.7 Å². The zero-order valence-corrected chi connectivity index (χ0v) is 18.1. The number of aromatic nitrogens is 1. The summed E-state index contributed by atoms with van der Waals surface area (Å²) in [7, 11) is -0.849. The number of hydrogen-bond donors (Lipinski definition) is 0. The van der Waals surface area contributed by atoms with Crippen LogP contribution in [0.3, 0.4) is 0 Å². The van der Waals surface area contributed by atoms with E-state index >= 15 is 0 Å². The van der Waals surface area contributed by atoms with Gasteiger partial charge in [0.15, 0.2) is 5.78 Å². The van der Waals surface area contributed by atoms with E-state index in [0.717, 1.165) is 12.8 Å². The Bertz CT molecular complexity index is 1050. The molecule has 1 atom stereocenters. The number of ether oxygens (including phenoxy) is 1. The lowest BCUT2D eigenvalue weighted by Gasteiger charge is -2.27. The van der Waals surface area contributed by atoms with Crippen LogP contribution in [0.1, 0.15) is 51.9 Å². The zero-order valence-electron chi connectivity index (χ0n) is 17.3. The molecule has 0 aliphatic heterocycles. The largest absolute Gasteiger partial charge is 0.464 e. The number of benzene rings is 1. The average Bonchev–Trinajstić information content (AvgIpc) is 3.49. The Hall–Kier alpha value is -2.45. The second-order valence-corrected chi connectivity index (χ2v) is 9.25. The molecule has 156 valence electrons. The molecule has 7 nitrogen and oxygen atoms in total. The molecule has 1 aromatic carbocycles. The summed E-state index contributed by atoms with van der Waals surface area (Å²) in [5.74, 6) is -0.854. The molecule has 2 aromatic rings. The molecule has 0 saturated heterocycles. The summed E-state index contributed by atoms with van der Waals surface area (Å²) < 4.78 is 34.3. The molecule has 29 heavy (non-hydrogen) atoms. The van der Waals surface area contributed by atoms with Crippen LogP contribution in [-0.4, -0.2) is 48.2 Å². The van der Waals surface area contributed by atoms with Crippen LogP contribution < -0.4 is 0 Å². The fraction of sp³-hybridized carbons (Fsp3) is 0.429. The van der Waals surface area contributed by atoms with Gasteiger partial charge in [0.2, 0.25) is 10.0 Å². The van der Waals surface area contributed by atoms with Gasteiger partial charge in [-0.3, -0.25) is 4.79 Å². The fourth-order valence-corrected chi connectivity index (χ4v) is 5.67. The summed E-state index contributed by atoms with van der Waals surface area (Å²) in [6.07, 6.45) is 1.45. The highest BCUT2D eigenvalue weighted by molar-refractivity contribution is 7.89. The van der Waals surface area contributed by atoms with Crippen LogP contribution in [0.15, 0.2) is 35.2 Å². The van der Waals surface area contributed by atoms with Gasteiger partial charge in [0, 0.05) is 24.3 Å². The van der Waals surface area contributed by atoms with Crippen molar-refractivity contribution in [1.82, 2.24) is 8.87 Å². The van der Waals surface area contributed by atoms with Gasteiger partial charge >= 0.3 is 5.97 Å². The number of methoxy groups -OCH3 is 1. The Labute approximate surface area is 171 Å². The van der Waals surface area contributed by atoms with Crippen molar-refractivity contribution in [2.45, 2.75) is 50.6 Å². The fourth-order valence-electron chi connectivity index (χ4n) is 3.81. The maximum absolute atomic E-state index is 13.4. The van der Waals surface area contributed by atoms with Crippen LogP contribution >= 0.6 is 0 Å². The molecule has 0 bridgehead atoms. The molecule has 1 saturated carbocycles. The second kappa shape index (κ2) is 7.76. The van der Waals surface area contributed by atoms with Crippen molar-refractivity contribution >= 4 is 21.8 Å². The van der Waals surface area contributed by atoms with Gasteiger partial charge in [-0.1, -0.05) is 18.2 Å². The zero-order chi connectivity index (χ0) is 21.5. The lowest BCUT2D eigenvalue weighted by molar-refractivity contribution is 0.0588. The summed E-state index contributed by atoms with van der Waals surface area (Å²) >= 11 is 0. The molecule has 1 fully saturated rings. The number of Topliss-reactive ketones (excluding diaryl/α,β-unsaturated/α-hetero) is 1. The Morgan fingerprint density at radius 1 is 1.17 bits per heavy atom. The maximum Gasteiger partial charge on any atom is 0.354 e. The molecule has 0 spiro atoms. The summed E-state index contributed by atoms with van der Waals surface area (Å²) in [6, 6.07) is 7.07. The first kappa shape index (κ1) is 21.3. The van der Waals surface area contributed by atoms with Crippen LogP contribution in [0.25, 0.3) is 0 Å². The number of hydrogen-bond acceptors (Lipinski definition) is 5. The first-order valence-electron chi connectivity index (χ1n) is 9.49. The van der Waals surface area contributed by atoms with Gasteiger partial charge in [0.05, 0.1) is 18.0 Å². The lowest BCUT2D eigenvalue weighted by Crippen LogP contribution is -2.45. The van der Waals surface area contributed by atoms with E-state index in [1.54, 1.807) is 50.6 Å². The molecule has 3 rings (SSSR count). The van der Waals surface area contributed by atoms with E-state index in [2.05, 4.69) is 0 Å². The molecule has 1 unspecified atom stereocenters. The second-order valence-electron chi connectivity index (χ2n) is 7.40. The van der Waals surface area contributed by atoms with Crippen molar-refractivity contribution in [3.8, 4) is 0 Å². The topological polar surface area (TPSA) is 85.7 Å². The Kier molecular flexibility index (Phi) is 5.69. The van der Waals surface area contributed by atoms with E-state index in [0.29, 0.717) is 22.5 Å². The standard InChI is InChI=1S/C21H26N2O5S/c1-13-18(14(2)22(4)19(13)21(25)28-5)20(24)15(3)23(16-11-12-16)29(26,27)17-9-7-6-8-10-17/h6-10,15-16H,11-12H2,1-5H3. The third kappa shape index (κ3) is 3.62. The van der Waals surface area contributed by atoms with E-state index in [4.69, 9.17) is 4.74 Å². The lowest BCUT2D eigenvalue weighted by atomic mass is 10.0. The number of esters is 1. The molecular weight excluding hydrogens is 392 g/mol. The van der Waals surface area contributed by atoms with Gasteiger partial charge in [-0.15, -0.1) is 0 Å². The smallest absolute Gasteiger partial charge is 0.354 e. The highest BCUT2D eigenvalue weighted by Crippen LogP contribution is 2.35. The summed E-state index contributed by atoms with van der Waals surface area (Å²) in [4.78, 5) is 25.8. The van der Waals surface area contributed by atoms with E-state index in [9.17, 15) is 18.0 Å². The van der Waals surface area contributed by atoms with Crippen molar-refractivity contribution < 1.29 is 22.7 Å². The first-order valence-corrected chi connectivity index (χ1v) is 10.9. The van der Waals surface area contributed by atoms with Crippen molar-refractivity contribution in [1.29, 1.82) is 0 Å². The first-order chi connectivity index (χ1) is 13.6. The van der Waals surface area contributed by atoms with E-state index in [1.807, 2.05) is 0 Å². The van der Waals surface area contributed by atoms with Crippen molar-refractivity contribution in [3.05, 3.63) is 52.8 Å². The minimum absolute atomic E-state index is 0.170. The van der Waals surface area contributed by atoms with E-state index in [1.165, 1.54) is 23.5 Å². The van der Waals surface area contributed by atoms with Gasteiger partial charge in [-0.2, -0.15) is 4.31 Å². The van der Waals surface area contributed by atoms with Crippen molar-refractivity contribution in [2.75, 3.05) is 7.11 Å². The predicted molar refractivity (Wildman–Crippen MR) is 109 cm³/mol. The molecule has 0 amide bonds. The van der Waals surface area contributed by atoms with Gasteiger partial charge < -0.3 is 9.30 Å². The number of nitrogens with zero attached hydrogens (tertiary/aromatic N) is 2. The molecule has 1 heterocycles. The molecule has 8 heteroatoms. The third-order valence-electron chi connectivity index (χ3n) is 5.54. The van der Waals surface area contributed by atoms with Gasteiger partial charge in [0.25, 0.3) is 0 Å². The van der Waals surface area contributed by atoms with E-state index < -0.39 is 22.0 Å². The number of ketones is 1. The van der Waals surface area contributed by atoms with Gasteiger partial charge in [0.1, 0.15) is 5.69 Å². The molecule has 0 radical (unpaired) electrons. The molecule has 0 N–H and O–H groups in total. The van der Waals surface area contributed by atoms with Crippen LogP contribution in [-0.2, 0) is 21.8 Å². The highest BCUT2D eigenvalue weighted by atomic mass is 32.2. The predicted octanol–water partition coefficient (Wildman–Crippen LogP) is 2.85. The minimum atomic E-state index is -3.83. The van der Waals surface area contributed by atoms with Crippen molar-refractivity contribution in [2.24, 2.45) is 7.05 Å². The Morgan fingerprint density at radius 3 is 2.28 bits per heavy atom. The number of rotatable bonds is 7. The Balaban J connectivity index is 2.04. The van der Waals surface area contributed by atoms with Crippen LogP contribution in [0, 0.1) is 13.8 Å². The van der Waals surface area contributed by atoms with Crippen LogP contribution in [0.5, 0.6) is 0 Å². The van der Waals surface area contributed by atoms with Crippen LogP contribution in [0.2, 0.25) is 0 Å². The normalized spacial score (nSPS) is 15.4. The third-order valence-corrected chi connectivity index (χ3v) is 7.58. The average molecular weight is 419 g/mol. The number of sulfonamides is 1. The van der Waals surface area contributed by atoms with Gasteiger partial charge in [-0.05, 0) is 51.3 Å². The monoisotopic (exact) mass is 418 g/mol. The summed E-state index contributed by atoms with van der Waals surface area (Å²) in [5, 5.41) is 0. The quantitative estimate of drug-likeness (QED) is 0.510. The molecule has 1 aliphatic rings. The number of carbonyl (C=O) groups is 2.